The van der Waals surface area contributed by atoms with E-state index in [2.05, 4.69) is 176 Å². The second-order valence-corrected chi connectivity index (χ2v) is 21.8. The summed E-state index contributed by atoms with van der Waals surface area (Å²) in [5, 5.41) is 12.6. The molecule has 362 valence electrons. The first-order valence-corrected chi connectivity index (χ1v) is 24.5. The fraction of sp³-hybridized carbons (Fsp3) is 0.194. The number of fused-ring (bicyclic) bond motifs is 1. The summed E-state index contributed by atoms with van der Waals surface area (Å²) in [5.41, 5.74) is 16.7. The summed E-state index contributed by atoms with van der Waals surface area (Å²) < 4.78 is 27.3. The molecule has 2 heterocycles. The molecule has 0 spiro atoms. The second kappa shape index (κ2) is 19.5. The number of hydrogen-bond acceptors (Lipinski definition) is 3. The maximum absolute atomic E-state index is 12.6. The van der Waals surface area contributed by atoms with E-state index >= 15 is 0 Å². The molecule has 4 nitrogen and oxygen atoms in total. The average molecular weight is 1120 g/mol. The van der Waals surface area contributed by atoms with Crippen LogP contribution in [-0.2, 0) is 37.3 Å². The van der Waals surface area contributed by atoms with Gasteiger partial charge in [0.25, 0.3) is 0 Å². The van der Waals surface area contributed by atoms with Crippen molar-refractivity contribution in [2.24, 2.45) is 0 Å². The number of aryl methyl sites for hydroxylation is 1. The molecule has 72 heavy (non-hydrogen) atoms. The van der Waals surface area contributed by atoms with Crippen molar-refractivity contribution in [1.29, 1.82) is 0 Å². The van der Waals surface area contributed by atoms with E-state index in [9.17, 15) is 5.11 Å². The maximum Gasteiger partial charge on any atom is 0.148 e. The van der Waals surface area contributed by atoms with Gasteiger partial charge >= 0.3 is 0 Å². The van der Waals surface area contributed by atoms with Gasteiger partial charge in [0.2, 0.25) is 0 Å². The molecule has 0 aliphatic heterocycles. The Balaban J connectivity index is 0.00000689. The van der Waals surface area contributed by atoms with Crippen molar-refractivity contribution in [3.05, 3.63) is 217 Å². The Kier molecular flexibility index (Phi) is 12.4. The number of imidazole rings is 1. The molecule has 5 heteroatoms. The Morgan fingerprint density at radius 1 is 0.486 bits per heavy atom. The SMILES string of the molecule is [2H]C([2H])([2H])c1ccc(-c2ccnc(-c3[c-]c(-c4cccc5c4nc(-c4cc(C(C)(C)C)cc(C(C)(C)C)c4O)n5-c4ccc(C(C)(C)C)cc4-c4ccccc4)cc(-c4ccccc4)c3)c2)cc1-c1ccccc1.[Pt]. The number of hydrogen-bond donors (Lipinski definition) is 1. The number of rotatable bonds is 8. The first-order valence-electron chi connectivity index (χ1n) is 26.0. The molecule has 0 fully saturated rings. The largest absolute Gasteiger partial charge is 0.507 e. The molecule has 1 N–H and O–H groups in total. The molecule has 0 atom stereocenters. The van der Waals surface area contributed by atoms with E-state index in [1.54, 1.807) is 12.3 Å². The Morgan fingerprint density at radius 2 is 1.10 bits per heavy atom. The fourth-order valence-electron chi connectivity index (χ4n) is 9.59. The summed E-state index contributed by atoms with van der Waals surface area (Å²) in [6, 6.07) is 65.7. The predicted molar refractivity (Wildman–Crippen MR) is 298 cm³/mol. The number of benzene rings is 8. The topological polar surface area (TPSA) is 50.9 Å². The molecule has 0 radical (unpaired) electrons. The van der Waals surface area contributed by atoms with Gasteiger partial charge in [-0.2, -0.15) is 0 Å². The minimum absolute atomic E-state index is 0. The third-order valence-corrected chi connectivity index (χ3v) is 13.6. The van der Waals surface area contributed by atoms with Gasteiger partial charge in [-0.1, -0.05) is 212 Å². The Morgan fingerprint density at radius 3 is 1.74 bits per heavy atom. The Labute approximate surface area is 445 Å². The average Bonchev–Trinajstić information content (AvgIpc) is 3.77. The van der Waals surface area contributed by atoms with Crippen LogP contribution in [-0.4, -0.2) is 19.6 Å². The Hall–Kier alpha value is -7.13. The van der Waals surface area contributed by atoms with Gasteiger partial charge in [0.1, 0.15) is 11.6 Å². The maximum atomic E-state index is 12.6. The molecule has 0 unspecified atom stereocenters. The van der Waals surface area contributed by atoms with E-state index < -0.39 is 6.85 Å². The third-order valence-electron chi connectivity index (χ3n) is 13.6. The normalized spacial score (nSPS) is 12.8. The van der Waals surface area contributed by atoms with E-state index in [1.165, 1.54) is 5.56 Å². The summed E-state index contributed by atoms with van der Waals surface area (Å²) in [6.07, 6.45) is 1.81. The van der Waals surface area contributed by atoms with Crippen molar-refractivity contribution in [3.63, 3.8) is 0 Å². The predicted octanol–water partition coefficient (Wildman–Crippen LogP) is 17.8. The van der Waals surface area contributed by atoms with Crippen LogP contribution in [0.5, 0.6) is 5.75 Å². The monoisotopic (exact) mass is 1120 g/mol. The minimum atomic E-state index is -2.29. The van der Waals surface area contributed by atoms with Gasteiger partial charge in [-0.05, 0) is 110 Å². The van der Waals surface area contributed by atoms with E-state index in [-0.39, 0.29) is 43.1 Å². The summed E-state index contributed by atoms with van der Waals surface area (Å²) >= 11 is 0. The molecule has 10 aromatic rings. The molecule has 0 amide bonds. The minimum Gasteiger partial charge on any atom is -0.507 e. The number of phenolic OH excluding ortho intramolecular Hbond substituents is 1. The van der Waals surface area contributed by atoms with Crippen LogP contribution in [0.15, 0.2) is 188 Å². The van der Waals surface area contributed by atoms with Gasteiger partial charge < -0.3 is 5.11 Å². The van der Waals surface area contributed by atoms with Crippen LogP contribution < -0.4 is 0 Å². The van der Waals surface area contributed by atoms with Crippen LogP contribution in [0.2, 0.25) is 0 Å². The molecule has 0 aliphatic rings. The second-order valence-electron chi connectivity index (χ2n) is 21.8. The Bertz CT molecular complexity index is 3710. The van der Waals surface area contributed by atoms with E-state index in [0.717, 1.165) is 83.5 Å². The number of para-hydroxylation sites is 1. The van der Waals surface area contributed by atoms with Crippen LogP contribution in [0, 0.1) is 12.9 Å². The summed E-state index contributed by atoms with van der Waals surface area (Å²) in [5.74, 6) is 0.849. The van der Waals surface area contributed by atoms with Gasteiger partial charge in [-0.15, -0.1) is 23.8 Å². The van der Waals surface area contributed by atoms with Gasteiger partial charge in [0.15, 0.2) is 0 Å². The summed E-state index contributed by atoms with van der Waals surface area (Å²) in [7, 11) is 0. The van der Waals surface area contributed by atoms with Gasteiger partial charge in [-0.25, -0.2) is 4.98 Å². The van der Waals surface area contributed by atoms with Crippen molar-refractivity contribution in [1.82, 2.24) is 14.5 Å². The van der Waals surface area contributed by atoms with Crippen LogP contribution in [0.1, 0.15) is 88.7 Å². The molecule has 2 aromatic heterocycles. The van der Waals surface area contributed by atoms with Crippen molar-refractivity contribution in [2.75, 3.05) is 0 Å². The van der Waals surface area contributed by atoms with Crippen molar-refractivity contribution >= 4 is 11.0 Å². The van der Waals surface area contributed by atoms with Gasteiger partial charge in [-0.3, -0.25) is 9.55 Å². The number of aromatic hydroxyl groups is 1. The summed E-state index contributed by atoms with van der Waals surface area (Å²) in [6.45, 7) is 17.5. The summed E-state index contributed by atoms with van der Waals surface area (Å²) in [4.78, 5) is 10.7. The number of phenols is 1. The fourth-order valence-corrected chi connectivity index (χ4v) is 9.59. The smallest absolute Gasteiger partial charge is 0.148 e. The molecule has 0 saturated heterocycles. The van der Waals surface area contributed by atoms with Crippen molar-refractivity contribution in [2.45, 2.75) is 85.4 Å². The molecule has 0 bridgehead atoms. The molecular formula is C67H62N3OPt-. The molecule has 0 aliphatic carbocycles. The number of pyridine rings is 1. The molecule has 0 saturated carbocycles. The van der Waals surface area contributed by atoms with Crippen molar-refractivity contribution < 1.29 is 30.3 Å². The van der Waals surface area contributed by atoms with E-state index in [1.807, 2.05) is 72.8 Å². The van der Waals surface area contributed by atoms with Gasteiger partial charge in [0.05, 0.1) is 22.3 Å². The van der Waals surface area contributed by atoms with Crippen LogP contribution in [0.3, 0.4) is 0 Å². The first-order chi connectivity index (χ1) is 35.1. The number of nitrogens with zero attached hydrogens (tertiary/aromatic N) is 3. The van der Waals surface area contributed by atoms with Crippen LogP contribution in [0.25, 0.3) is 95.0 Å². The molecule has 8 aromatic carbocycles. The standard InChI is InChI=1S/C67H62N3O.Pt/c1-43-29-30-47(38-55(43)45-23-16-12-17-24-45)48-33-34-68-59(39-48)51-36-49(44-21-14-11-15-22-44)35-50(37-51)54-27-20-28-61-62(54)69-64(57-41-53(66(5,6)7)42-58(63(57)71)67(8,9)10)70(61)60-32-31-52(65(2,3)4)40-56(60)46-25-18-13-19-26-46;/h11-36,38-42,71H,1-10H3;/q-1;/i1D3;. The van der Waals surface area contributed by atoms with Crippen molar-refractivity contribution in [3.8, 4) is 89.7 Å². The quantitative estimate of drug-likeness (QED) is 0.154. The third kappa shape index (κ3) is 9.78. The van der Waals surface area contributed by atoms with Gasteiger partial charge in [0, 0.05) is 48.2 Å². The number of aromatic nitrogens is 3. The zero-order chi connectivity index (χ0) is 52.3. The molecule has 10 rings (SSSR count). The van der Waals surface area contributed by atoms with E-state index in [4.69, 9.17) is 14.1 Å². The van der Waals surface area contributed by atoms with Crippen LogP contribution in [0.4, 0.5) is 0 Å². The first kappa shape index (κ1) is 46.0. The van der Waals surface area contributed by atoms with Crippen LogP contribution >= 0.6 is 0 Å². The molecular weight excluding hydrogens is 1060 g/mol. The van der Waals surface area contributed by atoms with E-state index in [0.29, 0.717) is 28.2 Å². The zero-order valence-corrected chi connectivity index (χ0v) is 44.8. The zero-order valence-electron chi connectivity index (χ0n) is 45.5.